The number of amides is 1. The van der Waals surface area contributed by atoms with Gasteiger partial charge in [-0.25, -0.2) is 9.78 Å². The van der Waals surface area contributed by atoms with Gasteiger partial charge in [-0.05, 0) is 44.5 Å². The van der Waals surface area contributed by atoms with E-state index in [0.717, 1.165) is 16.8 Å². The first-order valence-corrected chi connectivity index (χ1v) is 8.82. The van der Waals surface area contributed by atoms with Crippen LogP contribution in [0.15, 0.2) is 36.5 Å². The van der Waals surface area contributed by atoms with Crippen LogP contribution in [-0.4, -0.2) is 38.5 Å². The Morgan fingerprint density at radius 2 is 1.96 bits per heavy atom. The zero-order valence-corrected chi connectivity index (χ0v) is 16.3. The zero-order chi connectivity index (χ0) is 20.3. The number of hydrogen-bond acceptors (Lipinski definition) is 6. The summed E-state index contributed by atoms with van der Waals surface area (Å²) >= 11 is 5.88. The van der Waals surface area contributed by atoms with Gasteiger partial charge in [0.25, 0.3) is 5.91 Å². The Hall–Kier alpha value is -3.26. The van der Waals surface area contributed by atoms with Crippen LogP contribution in [0.25, 0.3) is 5.69 Å². The first-order chi connectivity index (χ1) is 13.3. The highest BCUT2D eigenvalue weighted by Crippen LogP contribution is 2.18. The van der Waals surface area contributed by atoms with E-state index >= 15 is 0 Å². The average molecular weight is 400 g/mol. The van der Waals surface area contributed by atoms with Gasteiger partial charge < -0.3 is 10.1 Å². The fourth-order valence-corrected chi connectivity index (χ4v) is 2.74. The predicted molar refractivity (Wildman–Crippen MR) is 104 cm³/mol. The number of nitrogens with zero attached hydrogens (tertiary/aromatic N) is 4. The van der Waals surface area contributed by atoms with Gasteiger partial charge in [-0.15, -0.1) is 5.10 Å². The molecule has 0 atom stereocenters. The number of halogens is 1. The number of aromatic nitrogens is 4. The molecule has 1 amide bonds. The summed E-state index contributed by atoms with van der Waals surface area (Å²) < 4.78 is 5.05. The average Bonchev–Trinajstić information content (AvgIpc) is 3.03. The third-order valence-corrected chi connectivity index (χ3v) is 4.21. The van der Waals surface area contributed by atoms with Crippen LogP contribution in [0, 0.1) is 20.8 Å². The topological polar surface area (TPSA) is 99.0 Å². The Balaban J connectivity index is 1.67. The highest BCUT2D eigenvalue weighted by atomic mass is 35.5. The second-order valence-corrected chi connectivity index (χ2v) is 6.54. The van der Waals surface area contributed by atoms with E-state index in [1.165, 1.54) is 11.0 Å². The van der Waals surface area contributed by atoms with Crippen LogP contribution >= 0.6 is 11.6 Å². The Morgan fingerprint density at radius 3 is 2.68 bits per heavy atom. The van der Waals surface area contributed by atoms with Crippen molar-refractivity contribution >= 4 is 29.2 Å². The second kappa shape index (κ2) is 8.18. The largest absolute Gasteiger partial charge is 0.451 e. The van der Waals surface area contributed by atoms with Crippen molar-refractivity contribution in [1.29, 1.82) is 0 Å². The molecule has 1 N–H and O–H groups in total. The fraction of sp³-hybridized carbons (Fsp3) is 0.211. The molecule has 3 rings (SSSR count). The lowest BCUT2D eigenvalue weighted by atomic mass is 10.1. The van der Waals surface area contributed by atoms with Gasteiger partial charge in [-0.2, -0.15) is 9.90 Å². The monoisotopic (exact) mass is 399 g/mol. The summed E-state index contributed by atoms with van der Waals surface area (Å²) in [5.74, 6) is -1.27. The number of nitrogens with one attached hydrogen (secondary N) is 1. The van der Waals surface area contributed by atoms with Gasteiger partial charge in [-0.3, -0.25) is 4.79 Å². The van der Waals surface area contributed by atoms with Crippen molar-refractivity contribution in [3.05, 3.63) is 64.2 Å². The molecular formula is C19H18ClN5O3. The minimum Gasteiger partial charge on any atom is -0.451 e. The summed E-state index contributed by atoms with van der Waals surface area (Å²) in [6.45, 7) is 5.09. The highest BCUT2D eigenvalue weighted by molar-refractivity contribution is 6.32. The predicted octanol–water partition coefficient (Wildman–Crippen LogP) is 3.04. The number of pyridine rings is 1. The highest BCUT2D eigenvalue weighted by Gasteiger charge is 2.20. The lowest BCUT2D eigenvalue weighted by Gasteiger charge is -2.06. The smallest absolute Gasteiger partial charge is 0.361 e. The summed E-state index contributed by atoms with van der Waals surface area (Å²) in [6.07, 6.45) is 1.50. The van der Waals surface area contributed by atoms with Crippen molar-refractivity contribution in [2.75, 3.05) is 11.9 Å². The van der Waals surface area contributed by atoms with Crippen molar-refractivity contribution in [1.82, 2.24) is 20.0 Å². The molecule has 0 radical (unpaired) electrons. The van der Waals surface area contributed by atoms with E-state index in [9.17, 15) is 9.59 Å². The lowest BCUT2D eigenvalue weighted by molar-refractivity contribution is -0.119. The molecule has 0 aliphatic heterocycles. The standard InChI is InChI=1S/C19H18ClN5O3/c1-11-6-7-15(12(2)9-11)25-23-13(3)17(24-25)19(27)28-10-16(26)22-14-5-4-8-21-18(14)20/h4-9H,10H2,1-3H3,(H,22,26). The maximum Gasteiger partial charge on any atom is 0.361 e. The first-order valence-electron chi connectivity index (χ1n) is 8.44. The number of benzene rings is 1. The molecule has 9 heteroatoms. The Bertz CT molecular complexity index is 1050. The number of esters is 1. The molecule has 0 spiro atoms. The van der Waals surface area contributed by atoms with Crippen molar-refractivity contribution in [3.8, 4) is 5.69 Å². The van der Waals surface area contributed by atoms with Gasteiger partial charge in [0.05, 0.1) is 17.1 Å². The Kier molecular flexibility index (Phi) is 5.70. The molecule has 2 heterocycles. The van der Waals surface area contributed by atoms with Crippen molar-refractivity contribution in [3.63, 3.8) is 0 Å². The second-order valence-electron chi connectivity index (χ2n) is 6.18. The van der Waals surface area contributed by atoms with E-state index in [-0.39, 0.29) is 10.8 Å². The van der Waals surface area contributed by atoms with Gasteiger partial charge in [0.15, 0.2) is 17.5 Å². The SMILES string of the molecule is Cc1ccc(-n2nc(C)c(C(=O)OCC(=O)Nc3cccnc3Cl)n2)c(C)c1. The molecule has 0 aliphatic rings. The molecule has 2 aromatic heterocycles. The number of carbonyl (C=O) groups excluding carboxylic acids is 2. The number of hydrogen-bond donors (Lipinski definition) is 1. The van der Waals surface area contributed by atoms with E-state index in [1.54, 1.807) is 19.1 Å². The molecule has 0 unspecified atom stereocenters. The van der Waals surface area contributed by atoms with E-state index < -0.39 is 18.5 Å². The molecule has 0 bridgehead atoms. The van der Waals surface area contributed by atoms with Crippen LogP contribution in [0.3, 0.4) is 0 Å². The summed E-state index contributed by atoms with van der Waals surface area (Å²) in [5.41, 5.74) is 3.64. The van der Waals surface area contributed by atoms with Gasteiger partial charge >= 0.3 is 5.97 Å². The van der Waals surface area contributed by atoms with E-state index in [2.05, 4.69) is 20.5 Å². The molecule has 144 valence electrons. The normalized spacial score (nSPS) is 10.6. The molecule has 8 nitrogen and oxygen atoms in total. The van der Waals surface area contributed by atoms with Crippen LogP contribution in [0.4, 0.5) is 5.69 Å². The van der Waals surface area contributed by atoms with Crippen molar-refractivity contribution in [2.24, 2.45) is 0 Å². The van der Waals surface area contributed by atoms with E-state index in [4.69, 9.17) is 16.3 Å². The minimum atomic E-state index is -0.735. The molecule has 0 saturated carbocycles. The summed E-state index contributed by atoms with van der Waals surface area (Å²) in [7, 11) is 0. The van der Waals surface area contributed by atoms with Gasteiger partial charge in [0.2, 0.25) is 0 Å². The molecule has 0 saturated heterocycles. The lowest BCUT2D eigenvalue weighted by Crippen LogP contribution is -2.21. The van der Waals surface area contributed by atoms with Crippen LogP contribution in [0.1, 0.15) is 27.3 Å². The molecule has 0 aliphatic carbocycles. The Labute approximate surface area is 166 Å². The number of aryl methyl sites for hydroxylation is 3. The van der Waals surface area contributed by atoms with Crippen LogP contribution in [0.5, 0.6) is 0 Å². The summed E-state index contributed by atoms with van der Waals surface area (Å²) in [5, 5.41) is 11.2. The van der Waals surface area contributed by atoms with E-state index in [0.29, 0.717) is 11.4 Å². The molecule has 3 aromatic rings. The Morgan fingerprint density at radius 1 is 1.18 bits per heavy atom. The third-order valence-electron chi connectivity index (χ3n) is 3.91. The molecule has 1 aromatic carbocycles. The maximum absolute atomic E-state index is 12.3. The number of rotatable bonds is 5. The van der Waals surface area contributed by atoms with Crippen molar-refractivity contribution in [2.45, 2.75) is 20.8 Å². The summed E-state index contributed by atoms with van der Waals surface area (Å²) in [4.78, 5) is 29.5. The molecular weight excluding hydrogens is 382 g/mol. The quantitative estimate of drug-likeness (QED) is 0.523. The van der Waals surface area contributed by atoms with Crippen molar-refractivity contribution < 1.29 is 14.3 Å². The minimum absolute atomic E-state index is 0.0483. The molecule has 28 heavy (non-hydrogen) atoms. The first kappa shape index (κ1) is 19.5. The van der Waals surface area contributed by atoms with Gasteiger partial charge in [-0.1, -0.05) is 29.3 Å². The van der Waals surface area contributed by atoms with Crippen LogP contribution in [-0.2, 0) is 9.53 Å². The number of anilines is 1. The van der Waals surface area contributed by atoms with Crippen LogP contribution < -0.4 is 5.32 Å². The fourth-order valence-electron chi connectivity index (χ4n) is 2.57. The summed E-state index contributed by atoms with van der Waals surface area (Å²) in [6, 6.07) is 9.04. The van der Waals surface area contributed by atoms with Gasteiger partial charge in [0.1, 0.15) is 0 Å². The van der Waals surface area contributed by atoms with Gasteiger partial charge in [0, 0.05) is 6.20 Å². The zero-order valence-electron chi connectivity index (χ0n) is 15.6. The third kappa shape index (κ3) is 4.34. The molecule has 0 fully saturated rings. The van der Waals surface area contributed by atoms with Crippen LogP contribution in [0.2, 0.25) is 5.15 Å². The maximum atomic E-state index is 12.3. The van der Waals surface area contributed by atoms with E-state index in [1.807, 2.05) is 32.0 Å². The number of carbonyl (C=O) groups is 2. The number of ether oxygens (including phenoxy) is 1.